The summed E-state index contributed by atoms with van der Waals surface area (Å²) in [4.78, 5) is 22.2. The fraction of sp³-hybridized carbons (Fsp3) is 0.333. The average Bonchev–Trinajstić information content (AvgIpc) is 2.27. The number of Topliss-reactive ketones (excluding diaryl/α,β-unsaturated/α-hetero) is 1. The molecule has 86 valence electrons. The van der Waals surface area contributed by atoms with E-state index in [0.717, 1.165) is 5.56 Å². The van der Waals surface area contributed by atoms with E-state index in [1.165, 1.54) is 6.92 Å². The monoisotopic (exact) mass is 283 g/mol. The molecule has 1 rings (SSSR count). The predicted molar refractivity (Wildman–Crippen MR) is 66.8 cm³/mol. The maximum absolute atomic E-state index is 11.4. The number of rotatable bonds is 4. The van der Waals surface area contributed by atoms with Crippen molar-refractivity contribution < 1.29 is 9.59 Å². The van der Waals surface area contributed by atoms with Gasteiger partial charge in [-0.05, 0) is 12.5 Å². The van der Waals surface area contributed by atoms with Crippen LogP contribution in [-0.4, -0.2) is 17.0 Å². The van der Waals surface area contributed by atoms with Crippen molar-refractivity contribution in [3.63, 3.8) is 0 Å². The molecule has 0 saturated carbocycles. The molecule has 1 aromatic rings. The smallest absolute Gasteiger partial charge is 0.217 e. The zero-order valence-corrected chi connectivity index (χ0v) is 10.9. The van der Waals surface area contributed by atoms with Crippen molar-refractivity contribution in [1.29, 1.82) is 0 Å². The molecule has 1 aromatic carbocycles. The molecule has 1 N–H and O–H groups in total. The molecule has 16 heavy (non-hydrogen) atoms. The summed E-state index contributed by atoms with van der Waals surface area (Å²) in [5.74, 6) is -0.00755. The van der Waals surface area contributed by atoms with Crippen molar-refractivity contribution in [3.05, 3.63) is 35.4 Å². The van der Waals surface area contributed by atoms with Crippen LogP contribution >= 0.6 is 15.9 Å². The lowest BCUT2D eigenvalue weighted by molar-refractivity contribution is -0.119. The van der Waals surface area contributed by atoms with Crippen LogP contribution in [0.4, 0.5) is 0 Å². The second-order valence-electron chi connectivity index (χ2n) is 3.60. The van der Waals surface area contributed by atoms with Crippen LogP contribution < -0.4 is 5.32 Å². The van der Waals surface area contributed by atoms with E-state index in [2.05, 4.69) is 21.2 Å². The molecule has 0 heterocycles. The minimum absolute atomic E-state index is 0.0365. The molecule has 0 saturated heterocycles. The Bertz CT molecular complexity index is 387. The molecule has 0 aromatic heterocycles. The Labute approximate surface area is 103 Å². The van der Waals surface area contributed by atoms with Crippen LogP contribution in [0, 0.1) is 0 Å². The van der Waals surface area contributed by atoms with Gasteiger partial charge in [-0.15, -0.1) is 0 Å². The largest absolute Gasteiger partial charge is 0.350 e. The van der Waals surface area contributed by atoms with Crippen molar-refractivity contribution >= 4 is 27.6 Å². The van der Waals surface area contributed by atoms with Gasteiger partial charge in [0.2, 0.25) is 5.91 Å². The Kier molecular flexibility index (Phi) is 4.68. The summed E-state index contributed by atoms with van der Waals surface area (Å²) in [6.07, 6.45) is 0. The number of nitrogens with one attached hydrogen (secondary N) is 1. The van der Waals surface area contributed by atoms with Crippen LogP contribution in [0.25, 0.3) is 0 Å². The van der Waals surface area contributed by atoms with Gasteiger partial charge in [-0.1, -0.05) is 40.2 Å². The molecular weight excluding hydrogens is 270 g/mol. The summed E-state index contributed by atoms with van der Waals surface area (Å²) < 4.78 is 0. The summed E-state index contributed by atoms with van der Waals surface area (Å²) in [6.45, 7) is 3.39. The number of benzene rings is 1. The standard InChI is InChI=1S/C12H14BrNO2/c1-8(14-9(2)15)10-3-5-11(6-4-10)12(16)7-13/h3-6,8H,7H2,1-2H3,(H,14,15). The third kappa shape index (κ3) is 3.45. The fourth-order valence-corrected chi connectivity index (χ4v) is 1.75. The lowest BCUT2D eigenvalue weighted by Crippen LogP contribution is -2.23. The first-order chi connectivity index (χ1) is 7.54. The minimum Gasteiger partial charge on any atom is -0.350 e. The van der Waals surface area contributed by atoms with Gasteiger partial charge in [0.1, 0.15) is 0 Å². The molecule has 0 aliphatic carbocycles. The van der Waals surface area contributed by atoms with Crippen LogP contribution in [-0.2, 0) is 4.79 Å². The third-order valence-corrected chi connectivity index (χ3v) is 2.78. The van der Waals surface area contributed by atoms with Gasteiger partial charge in [0.15, 0.2) is 5.78 Å². The van der Waals surface area contributed by atoms with Gasteiger partial charge in [-0.3, -0.25) is 9.59 Å². The number of ketones is 1. The number of alkyl halides is 1. The van der Waals surface area contributed by atoms with Gasteiger partial charge >= 0.3 is 0 Å². The maximum Gasteiger partial charge on any atom is 0.217 e. The maximum atomic E-state index is 11.4. The predicted octanol–water partition coefficient (Wildman–Crippen LogP) is 2.46. The lowest BCUT2D eigenvalue weighted by atomic mass is 10.0. The molecule has 0 aliphatic heterocycles. The van der Waals surface area contributed by atoms with Gasteiger partial charge in [0.05, 0.1) is 11.4 Å². The van der Waals surface area contributed by atoms with E-state index in [1.54, 1.807) is 12.1 Å². The second kappa shape index (κ2) is 5.80. The number of carbonyl (C=O) groups is 2. The van der Waals surface area contributed by atoms with Crippen LogP contribution in [0.3, 0.4) is 0 Å². The van der Waals surface area contributed by atoms with Crippen molar-refractivity contribution in [2.75, 3.05) is 5.33 Å². The summed E-state index contributed by atoms with van der Waals surface area (Å²) in [5, 5.41) is 3.12. The van der Waals surface area contributed by atoms with E-state index in [1.807, 2.05) is 19.1 Å². The summed E-state index contributed by atoms with van der Waals surface area (Å²) in [5.41, 5.74) is 1.66. The highest BCUT2D eigenvalue weighted by Crippen LogP contribution is 2.14. The molecule has 3 nitrogen and oxygen atoms in total. The normalized spacial score (nSPS) is 11.9. The summed E-state index contributed by atoms with van der Waals surface area (Å²) in [7, 11) is 0. The van der Waals surface area contributed by atoms with Gasteiger partial charge in [-0.25, -0.2) is 0 Å². The zero-order chi connectivity index (χ0) is 12.1. The van der Waals surface area contributed by atoms with Gasteiger partial charge in [0, 0.05) is 12.5 Å². The van der Waals surface area contributed by atoms with Crippen LogP contribution in [0.1, 0.15) is 35.8 Å². The highest BCUT2D eigenvalue weighted by atomic mass is 79.9. The molecule has 1 unspecified atom stereocenters. The van der Waals surface area contributed by atoms with E-state index >= 15 is 0 Å². The highest BCUT2D eigenvalue weighted by molar-refractivity contribution is 9.09. The molecule has 0 bridgehead atoms. The molecule has 0 radical (unpaired) electrons. The van der Waals surface area contributed by atoms with Crippen LogP contribution in [0.5, 0.6) is 0 Å². The van der Waals surface area contributed by atoms with Crippen molar-refractivity contribution in [3.8, 4) is 0 Å². The number of carbonyl (C=O) groups excluding carboxylic acids is 2. The Hall–Kier alpha value is -1.16. The van der Waals surface area contributed by atoms with Crippen molar-refractivity contribution in [2.45, 2.75) is 19.9 Å². The van der Waals surface area contributed by atoms with Gasteiger partial charge in [0.25, 0.3) is 0 Å². The van der Waals surface area contributed by atoms with Crippen LogP contribution in [0.15, 0.2) is 24.3 Å². The fourth-order valence-electron chi connectivity index (χ4n) is 1.42. The first-order valence-electron chi connectivity index (χ1n) is 5.01. The first kappa shape index (κ1) is 12.9. The average molecular weight is 284 g/mol. The van der Waals surface area contributed by atoms with E-state index in [-0.39, 0.29) is 17.7 Å². The molecular formula is C12H14BrNO2. The van der Waals surface area contributed by atoms with Crippen LogP contribution in [0.2, 0.25) is 0 Å². The minimum atomic E-state index is -0.0619. The topological polar surface area (TPSA) is 46.2 Å². The van der Waals surface area contributed by atoms with E-state index < -0.39 is 0 Å². The Morgan fingerprint density at radius 3 is 2.31 bits per heavy atom. The zero-order valence-electron chi connectivity index (χ0n) is 9.29. The molecule has 0 aliphatic rings. The third-order valence-electron chi connectivity index (χ3n) is 2.27. The number of amides is 1. The lowest BCUT2D eigenvalue weighted by Gasteiger charge is -2.12. The number of hydrogen-bond donors (Lipinski definition) is 1. The Morgan fingerprint density at radius 2 is 1.88 bits per heavy atom. The highest BCUT2D eigenvalue weighted by Gasteiger charge is 2.08. The van der Waals surface area contributed by atoms with Crippen molar-refractivity contribution in [2.24, 2.45) is 0 Å². The molecule has 0 spiro atoms. The molecule has 1 amide bonds. The van der Waals surface area contributed by atoms with E-state index in [0.29, 0.717) is 10.9 Å². The number of hydrogen-bond acceptors (Lipinski definition) is 2. The van der Waals surface area contributed by atoms with Gasteiger partial charge in [-0.2, -0.15) is 0 Å². The second-order valence-corrected chi connectivity index (χ2v) is 4.16. The van der Waals surface area contributed by atoms with E-state index in [4.69, 9.17) is 0 Å². The summed E-state index contributed by atoms with van der Waals surface area (Å²) in [6, 6.07) is 7.23. The SMILES string of the molecule is CC(=O)NC(C)c1ccc(C(=O)CBr)cc1. The van der Waals surface area contributed by atoms with Crippen molar-refractivity contribution in [1.82, 2.24) is 5.32 Å². The van der Waals surface area contributed by atoms with E-state index in [9.17, 15) is 9.59 Å². The molecule has 4 heteroatoms. The van der Waals surface area contributed by atoms with Gasteiger partial charge < -0.3 is 5.32 Å². The Morgan fingerprint density at radius 1 is 1.31 bits per heavy atom. The molecule has 1 atom stereocenters. The quantitative estimate of drug-likeness (QED) is 0.682. The Balaban J connectivity index is 2.78. The molecule has 0 fully saturated rings. The summed E-state index contributed by atoms with van der Waals surface area (Å²) >= 11 is 3.13. The first-order valence-corrected chi connectivity index (χ1v) is 6.13. The number of halogens is 1.